The van der Waals surface area contributed by atoms with Crippen molar-refractivity contribution in [2.45, 2.75) is 19.3 Å². The Morgan fingerprint density at radius 3 is 1.71 bits per heavy atom. The van der Waals surface area contributed by atoms with Crippen molar-refractivity contribution in [3.8, 4) is 67.3 Å². The van der Waals surface area contributed by atoms with E-state index in [1.807, 2.05) is 18.2 Å². The lowest BCUT2D eigenvalue weighted by Gasteiger charge is -2.21. The van der Waals surface area contributed by atoms with Crippen molar-refractivity contribution in [3.63, 3.8) is 0 Å². The van der Waals surface area contributed by atoms with Crippen molar-refractivity contribution < 1.29 is 0 Å². The van der Waals surface area contributed by atoms with Gasteiger partial charge in [0.2, 0.25) is 0 Å². The van der Waals surface area contributed by atoms with Gasteiger partial charge in [0.05, 0.1) is 11.4 Å². The molecule has 3 nitrogen and oxygen atoms in total. The van der Waals surface area contributed by atoms with Gasteiger partial charge in [-0.1, -0.05) is 141 Å². The molecule has 0 spiro atoms. The molecule has 2 aromatic heterocycles. The fraction of sp³-hybridized carbons (Fsp3) is 0.0652. The van der Waals surface area contributed by atoms with Crippen molar-refractivity contribution in [1.82, 2.24) is 15.0 Å². The molecule has 0 bridgehead atoms. The molecule has 0 N–H and O–H groups in total. The average Bonchev–Trinajstić information content (AvgIpc) is 3.41. The first-order chi connectivity index (χ1) is 24.0. The molecule has 49 heavy (non-hydrogen) atoms. The van der Waals surface area contributed by atoms with E-state index >= 15 is 0 Å². The molecule has 0 amide bonds. The van der Waals surface area contributed by atoms with Crippen LogP contribution in [0.4, 0.5) is 0 Å². The van der Waals surface area contributed by atoms with Gasteiger partial charge in [-0.15, -0.1) is 0 Å². The molecule has 0 unspecified atom stereocenters. The number of aromatic nitrogens is 3. The third-order valence-corrected chi connectivity index (χ3v) is 10.0. The first-order valence-corrected chi connectivity index (χ1v) is 16.8. The molecule has 3 heteroatoms. The summed E-state index contributed by atoms with van der Waals surface area (Å²) >= 11 is 0. The Labute approximate surface area is 286 Å². The second kappa shape index (κ2) is 11.5. The number of pyridine rings is 1. The first kappa shape index (κ1) is 29.0. The van der Waals surface area contributed by atoms with Crippen LogP contribution in [0.15, 0.2) is 164 Å². The Balaban J connectivity index is 1.10. The number of benzene rings is 6. The summed E-state index contributed by atoms with van der Waals surface area (Å²) in [4.78, 5) is 14.3. The number of fused-ring (bicyclic) bond motifs is 5. The van der Waals surface area contributed by atoms with Gasteiger partial charge in [-0.25, -0.2) is 9.97 Å². The lowest BCUT2D eigenvalue weighted by Crippen LogP contribution is -2.14. The van der Waals surface area contributed by atoms with Crippen molar-refractivity contribution in [3.05, 3.63) is 175 Å². The molecule has 8 aromatic rings. The highest BCUT2D eigenvalue weighted by Crippen LogP contribution is 2.52. The summed E-state index contributed by atoms with van der Waals surface area (Å²) in [6.07, 6.45) is 3.61. The van der Waals surface area contributed by atoms with Gasteiger partial charge in [0.25, 0.3) is 0 Å². The van der Waals surface area contributed by atoms with Gasteiger partial charge in [0.15, 0.2) is 5.82 Å². The molecular weight excluding hydrogens is 595 g/mol. The summed E-state index contributed by atoms with van der Waals surface area (Å²) in [6.45, 7) is 4.68. The Kier molecular flexibility index (Phi) is 6.80. The van der Waals surface area contributed by atoms with Crippen molar-refractivity contribution >= 4 is 10.8 Å². The average molecular weight is 628 g/mol. The Bertz CT molecular complexity index is 2480. The van der Waals surface area contributed by atoms with Crippen molar-refractivity contribution in [1.29, 1.82) is 0 Å². The van der Waals surface area contributed by atoms with E-state index in [-0.39, 0.29) is 5.41 Å². The summed E-state index contributed by atoms with van der Waals surface area (Å²) in [5.74, 6) is 0.695. The van der Waals surface area contributed by atoms with Crippen molar-refractivity contribution in [2.75, 3.05) is 0 Å². The van der Waals surface area contributed by atoms with E-state index in [9.17, 15) is 0 Å². The molecule has 0 saturated heterocycles. The van der Waals surface area contributed by atoms with Crippen LogP contribution in [0.2, 0.25) is 0 Å². The van der Waals surface area contributed by atoms with E-state index < -0.39 is 0 Å². The second-order valence-corrected chi connectivity index (χ2v) is 13.3. The molecule has 0 fully saturated rings. The number of hydrogen-bond donors (Lipinski definition) is 0. The van der Waals surface area contributed by atoms with Crippen LogP contribution in [0, 0.1) is 0 Å². The van der Waals surface area contributed by atoms with E-state index in [1.165, 1.54) is 49.7 Å². The molecule has 2 heterocycles. The van der Waals surface area contributed by atoms with E-state index in [0.29, 0.717) is 5.82 Å². The van der Waals surface area contributed by atoms with Crippen LogP contribution in [0.1, 0.15) is 25.0 Å². The van der Waals surface area contributed by atoms with Crippen LogP contribution >= 0.6 is 0 Å². The monoisotopic (exact) mass is 627 g/mol. The minimum atomic E-state index is -0.0454. The SMILES string of the molecule is CC1(C)c2ccc(-c3ccc(-c4cc(-c5ccncc5)nc(-c5ccc(-c6ccccc6)cc5)n4)cc3)cc2-c2c1ccc1ccccc21. The third kappa shape index (κ3) is 5.03. The van der Waals surface area contributed by atoms with Crippen LogP contribution in [-0.2, 0) is 5.41 Å². The highest BCUT2D eigenvalue weighted by Gasteiger charge is 2.36. The largest absolute Gasteiger partial charge is 0.265 e. The fourth-order valence-electron chi connectivity index (χ4n) is 7.37. The lowest BCUT2D eigenvalue weighted by molar-refractivity contribution is 0.661. The third-order valence-electron chi connectivity index (χ3n) is 10.0. The minimum Gasteiger partial charge on any atom is -0.265 e. The van der Waals surface area contributed by atoms with Crippen LogP contribution in [-0.4, -0.2) is 15.0 Å². The Morgan fingerprint density at radius 2 is 0.980 bits per heavy atom. The second-order valence-electron chi connectivity index (χ2n) is 13.3. The number of nitrogens with zero attached hydrogens (tertiary/aromatic N) is 3. The predicted molar refractivity (Wildman–Crippen MR) is 202 cm³/mol. The molecule has 1 aliphatic rings. The van der Waals surface area contributed by atoms with Crippen LogP contribution in [0.3, 0.4) is 0 Å². The van der Waals surface area contributed by atoms with Crippen molar-refractivity contribution in [2.24, 2.45) is 0 Å². The zero-order valence-electron chi connectivity index (χ0n) is 27.4. The predicted octanol–water partition coefficient (Wildman–Crippen LogP) is 11.7. The van der Waals surface area contributed by atoms with Gasteiger partial charge in [-0.3, -0.25) is 4.98 Å². The first-order valence-electron chi connectivity index (χ1n) is 16.8. The Morgan fingerprint density at radius 1 is 0.429 bits per heavy atom. The summed E-state index contributed by atoms with van der Waals surface area (Å²) < 4.78 is 0. The molecule has 0 saturated carbocycles. The van der Waals surface area contributed by atoms with Gasteiger partial charge in [-0.2, -0.15) is 0 Å². The maximum atomic E-state index is 5.09. The van der Waals surface area contributed by atoms with Crippen LogP contribution < -0.4 is 0 Å². The Hall–Kier alpha value is -6.19. The van der Waals surface area contributed by atoms with Crippen LogP contribution in [0.5, 0.6) is 0 Å². The molecule has 0 atom stereocenters. The van der Waals surface area contributed by atoms with Gasteiger partial charge in [0.1, 0.15) is 0 Å². The molecule has 232 valence electrons. The molecule has 0 radical (unpaired) electrons. The van der Waals surface area contributed by atoms with Gasteiger partial charge >= 0.3 is 0 Å². The highest BCUT2D eigenvalue weighted by molar-refractivity contribution is 6.03. The lowest BCUT2D eigenvalue weighted by atomic mass is 9.82. The molecule has 6 aromatic carbocycles. The smallest absolute Gasteiger partial charge is 0.160 e. The quantitative estimate of drug-likeness (QED) is 0.191. The van der Waals surface area contributed by atoms with E-state index in [2.05, 4.69) is 152 Å². The van der Waals surface area contributed by atoms with Gasteiger partial charge in [-0.05, 0) is 79.5 Å². The van der Waals surface area contributed by atoms with Gasteiger partial charge in [0, 0.05) is 34.5 Å². The number of rotatable bonds is 5. The summed E-state index contributed by atoms with van der Waals surface area (Å²) in [5.41, 5.74) is 14.9. The van der Waals surface area contributed by atoms with E-state index in [4.69, 9.17) is 9.97 Å². The molecular formula is C46H33N3. The highest BCUT2D eigenvalue weighted by atomic mass is 14.9. The topological polar surface area (TPSA) is 38.7 Å². The van der Waals surface area contributed by atoms with E-state index in [0.717, 1.165) is 33.6 Å². The summed E-state index contributed by atoms with van der Waals surface area (Å²) in [6, 6.07) is 54.1. The summed E-state index contributed by atoms with van der Waals surface area (Å²) in [7, 11) is 0. The normalized spacial score (nSPS) is 12.9. The molecule has 1 aliphatic carbocycles. The maximum absolute atomic E-state index is 5.09. The van der Waals surface area contributed by atoms with Crippen LogP contribution in [0.25, 0.3) is 78.1 Å². The maximum Gasteiger partial charge on any atom is 0.160 e. The fourth-order valence-corrected chi connectivity index (χ4v) is 7.37. The number of hydrogen-bond acceptors (Lipinski definition) is 3. The van der Waals surface area contributed by atoms with E-state index in [1.54, 1.807) is 12.4 Å². The zero-order valence-corrected chi connectivity index (χ0v) is 27.4. The molecule has 9 rings (SSSR count). The zero-order chi connectivity index (χ0) is 33.0. The van der Waals surface area contributed by atoms with Gasteiger partial charge < -0.3 is 0 Å². The minimum absolute atomic E-state index is 0.0454. The molecule has 0 aliphatic heterocycles. The summed E-state index contributed by atoms with van der Waals surface area (Å²) in [5, 5.41) is 2.60. The standard InChI is InChI=1S/C46H33N3/c1-46(2)40-22-21-37(28-39(40)44-38-11-7-6-10-33(38)20-23-41(44)46)32-12-16-34(17-13-32)42-29-43(35-24-26-47-27-25-35)49-45(48-42)36-18-14-31(15-19-36)30-8-4-3-5-9-30/h3-29H,1-2H3.